The molecular formula is C13H15N3O. The maximum atomic E-state index is 8.68. The number of hydrogen-bond donors (Lipinski definition) is 2. The summed E-state index contributed by atoms with van der Waals surface area (Å²) in [5.41, 5.74) is 3.11. The lowest BCUT2D eigenvalue weighted by Crippen LogP contribution is -2.07. The first-order valence-corrected chi connectivity index (χ1v) is 5.55. The number of nitrogens with one attached hydrogen (secondary N) is 1. The number of rotatable bonds is 4. The minimum Gasteiger partial charge on any atom is -0.395 e. The van der Waals surface area contributed by atoms with Crippen LogP contribution < -0.4 is 5.32 Å². The number of aryl methyl sites for hydroxylation is 1. The van der Waals surface area contributed by atoms with E-state index in [0.29, 0.717) is 12.4 Å². The number of nitrogens with zero attached hydrogens (tertiary/aromatic N) is 2. The number of benzene rings is 1. The van der Waals surface area contributed by atoms with Gasteiger partial charge in [0.05, 0.1) is 12.3 Å². The highest BCUT2D eigenvalue weighted by Gasteiger charge is 2.00. The molecule has 1 aromatic carbocycles. The zero-order chi connectivity index (χ0) is 12.1. The fraction of sp³-hybridized carbons (Fsp3) is 0.231. The molecule has 1 heterocycles. The van der Waals surface area contributed by atoms with Crippen LogP contribution >= 0.6 is 0 Å². The third kappa shape index (κ3) is 3.01. The van der Waals surface area contributed by atoms with Gasteiger partial charge in [-0.2, -0.15) is 0 Å². The molecule has 0 aliphatic heterocycles. The van der Waals surface area contributed by atoms with Gasteiger partial charge in [0.1, 0.15) is 5.82 Å². The van der Waals surface area contributed by atoms with E-state index < -0.39 is 0 Å². The van der Waals surface area contributed by atoms with Crippen molar-refractivity contribution in [2.24, 2.45) is 0 Å². The summed E-state index contributed by atoms with van der Waals surface area (Å²) < 4.78 is 0. The number of aliphatic hydroxyl groups is 1. The normalized spacial score (nSPS) is 10.2. The van der Waals surface area contributed by atoms with Gasteiger partial charge in [-0.15, -0.1) is 10.2 Å². The van der Waals surface area contributed by atoms with Gasteiger partial charge in [-0.3, -0.25) is 0 Å². The van der Waals surface area contributed by atoms with Crippen LogP contribution in [0, 0.1) is 6.92 Å². The molecule has 0 atom stereocenters. The van der Waals surface area contributed by atoms with Gasteiger partial charge in [-0.1, -0.05) is 23.8 Å². The van der Waals surface area contributed by atoms with Crippen LogP contribution in [0.15, 0.2) is 36.4 Å². The highest BCUT2D eigenvalue weighted by molar-refractivity contribution is 5.60. The molecule has 2 N–H and O–H groups in total. The Labute approximate surface area is 100 Å². The molecule has 2 aromatic rings. The Bertz CT molecular complexity index is 482. The number of aromatic nitrogens is 2. The maximum absolute atomic E-state index is 8.68. The lowest BCUT2D eigenvalue weighted by Gasteiger charge is -2.04. The van der Waals surface area contributed by atoms with Crippen molar-refractivity contribution in [3.8, 4) is 11.3 Å². The number of aliphatic hydroxyl groups excluding tert-OH is 1. The smallest absolute Gasteiger partial charge is 0.148 e. The van der Waals surface area contributed by atoms with E-state index in [4.69, 9.17) is 5.11 Å². The van der Waals surface area contributed by atoms with Gasteiger partial charge < -0.3 is 10.4 Å². The molecule has 0 saturated heterocycles. The number of hydrogen-bond acceptors (Lipinski definition) is 4. The average molecular weight is 229 g/mol. The van der Waals surface area contributed by atoms with E-state index >= 15 is 0 Å². The molecular weight excluding hydrogens is 214 g/mol. The molecule has 88 valence electrons. The fourth-order valence-corrected chi connectivity index (χ4v) is 1.57. The third-order valence-electron chi connectivity index (χ3n) is 2.40. The Kier molecular flexibility index (Phi) is 3.67. The first kappa shape index (κ1) is 11.5. The van der Waals surface area contributed by atoms with Crippen molar-refractivity contribution in [1.82, 2.24) is 10.2 Å². The first-order valence-electron chi connectivity index (χ1n) is 5.55. The van der Waals surface area contributed by atoms with Gasteiger partial charge in [0.25, 0.3) is 0 Å². The maximum Gasteiger partial charge on any atom is 0.148 e. The molecule has 0 bridgehead atoms. The summed E-state index contributed by atoms with van der Waals surface area (Å²) in [5.74, 6) is 0.676. The minimum atomic E-state index is 0.0846. The predicted molar refractivity (Wildman–Crippen MR) is 67.8 cm³/mol. The van der Waals surface area contributed by atoms with Crippen LogP contribution in [0.2, 0.25) is 0 Å². The monoisotopic (exact) mass is 229 g/mol. The Hall–Kier alpha value is -1.94. The summed E-state index contributed by atoms with van der Waals surface area (Å²) in [5, 5.41) is 19.8. The van der Waals surface area contributed by atoms with Gasteiger partial charge in [-0.05, 0) is 25.1 Å². The minimum absolute atomic E-state index is 0.0846. The highest BCUT2D eigenvalue weighted by Crippen LogP contribution is 2.17. The second-order valence-corrected chi connectivity index (χ2v) is 3.82. The molecule has 0 unspecified atom stereocenters. The molecule has 17 heavy (non-hydrogen) atoms. The van der Waals surface area contributed by atoms with Crippen LogP contribution in [0.5, 0.6) is 0 Å². The SMILES string of the molecule is Cc1cccc(-c2ccc(NCCO)nn2)c1. The van der Waals surface area contributed by atoms with Crippen molar-refractivity contribution in [2.45, 2.75) is 6.92 Å². The van der Waals surface area contributed by atoms with E-state index in [-0.39, 0.29) is 6.61 Å². The Morgan fingerprint density at radius 3 is 2.71 bits per heavy atom. The number of anilines is 1. The van der Waals surface area contributed by atoms with E-state index in [1.165, 1.54) is 5.56 Å². The van der Waals surface area contributed by atoms with E-state index in [1.807, 2.05) is 37.3 Å². The van der Waals surface area contributed by atoms with Crippen LogP contribution in [0.3, 0.4) is 0 Å². The fourth-order valence-electron chi connectivity index (χ4n) is 1.57. The van der Waals surface area contributed by atoms with Crippen LogP contribution in [-0.2, 0) is 0 Å². The molecule has 4 heteroatoms. The Morgan fingerprint density at radius 2 is 2.06 bits per heavy atom. The van der Waals surface area contributed by atoms with E-state index in [9.17, 15) is 0 Å². The lowest BCUT2D eigenvalue weighted by molar-refractivity contribution is 0.311. The van der Waals surface area contributed by atoms with Crippen LogP contribution in [0.1, 0.15) is 5.56 Å². The summed E-state index contributed by atoms with van der Waals surface area (Å²) in [6, 6.07) is 11.9. The second-order valence-electron chi connectivity index (χ2n) is 3.82. The van der Waals surface area contributed by atoms with Crippen LogP contribution in [-0.4, -0.2) is 28.5 Å². The Morgan fingerprint density at radius 1 is 1.18 bits per heavy atom. The lowest BCUT2D eigenvalue weighted by atomic mass is 10.1. The Balaban J connectivity index is 2.17. The first-order chi connectivity index (χ1) is 8.29. The van der Waals surface area contributed by atoms with Gasteiger partial charge in [0.2, 0.25) is 0 Å². The largest absolute Gasteiger partial charge is 0.395 e. The molecule has 0 aliphatic carbocycles. The van der Waals surface area contributed by atoms with E-state index in [2.05, 4.69) is 21.6 Å². The zero-order valence-corrected chi connectivity index (χ0v) is 9.72. The summed E-state index contributed by atoms with van der Waals surface area (Å²) in [6.07, 6.45) is 0. The van der Waals surface area contributed by atoms with Crippen LogP contribution in [0.4, 0.5) is 5.82 Å². The third-order valence-corrected chi connectivity index (χ3v) is 2.40. The predicted octanol–water partition coefficient (Wildman–Crippen LogP) is 1.86. The summed E-state index contributed by atoms with van der Waals surface area (Å²) >= 11 is 0. The molecule has 0 aliphatic rings. The topological polar surface area (TPSA) is 58.0 Å². The quantitative estimate of drug-likeness (QED) is 0.840. The van der Waals surface area contributed by atoms with Gasteiger partial charge in [-0.25, -0.2) is 0 Å². The van der Waals surface area contributed by atoms with Gasteiger partial charge in [0.15, 0.2) is 0 Å². The molecule has 0 spiro atoms. The van der Waals surface area contributed by atoms with Crippen molar-refractivity contribution in [1.29, 1.82) is 0 Å². The standard InChI is InChI=1S/C13H15N3O/c1-10-3-2-4-11(9-10)12-5-6-13(16-15-12)14-7-8-17/h2-6,9,17H,7-8H2,1H3,(H,14,16). The molecule has 0 amide bonds. The molecule has 1 aromatic heterocycles. The van der Waals surface area contributed by atoms with Crippen molar-refractivity contribution >= 4 is 5.82 Å². The van der Waals surface area contributed by atoms with Crippen molar-refractivity contribution in [3.63, 3.8) is 0 Å². The summed E-state index contributed by atoms with van der Waals surface area (Å²) in [4.78, 5) is 0. The summed E-state index contributed by atoms with van der Waals surface area (Å²) in [6.45, 7) is 2.62. The summed E-state index contributed by atoms with van der Waals surface area (Å²) in [7, 11) is 0. The van der Waals surface area contributed by atoms with Crippen molar-refractivity contribution < 1.29 is 5.11 Å². The van der Waals surface area contributed by atoms with E-state index in [1.54, 1.807) is 0 Å². The van der Waals surface area contributed by atoms with Crippen molar-refractivity contribution in [3.05, 3.63) is 42.0 Å². The molecule has 0 saturated carbocycles. The van der Waals surface area contributed by atoms with Gasteiger partial charge in [0, 0.05) is 12.1 Å². The zero-order valence-electron chi connectivity index (χ0n) is 9.72. The molecule has 0 fully saturated rings. The van der Waals surface area contributed by atoms with Crippen molar-refractivity contribution in [2.75, 3.05) is 18.5 Å². The molecule has 4 nitrogen and oxygen atoms in total. The highest BCUT2D eigenvalue weighted by atomic mass is 16.3. The van der Waals surface area contributed by atoms with Crippen LogP contribution in [0.25, 0.3) is 11.3 Å². The van der Waals surface area contributed by atoms with E-state index in [0.717, 1.165) is 11.3 Å². The second kappa shape index (κ2) is 5.41. The molecule has 0 radical (unpaired) electrons. The molecule has 2 rings (SSSR count). The average Bonchev–Trinajstić information content (AvgIpc) is 2.37. The van der Waals surface area contributed by atoms with Gasteiger partial charge >= 0.3 is 0 Å².